The highest BCUT2D eigenvalue weighted by atomic mass is 16.3. The molecular formula is C19H22N6O2. The molecule has 1 atom stereocenters. The number of furan rings is 1. The molecule has 0 aromatic carbocycles. The molecule has 8 nitrogen and oxygen atoms in total. The Morgan fingerprint density at radius 2 is 2.11 bits per heavy atom. The molecule has 1 aliphatic heterocycles. The van der Waals surface area contributed by atoms with Gasteiger partial charge in [-0.3, -0.25) is 9.48 Å². The Balaban J connectivity index is 1.47. The fourth-order valence-electron chi connectivity index (χ4n) is 3.38. The lowest BCUT2D eigenvalue weighted by atomic mass is 10.0. The van der Waals surface area contributed by atoms with E-state index in [1.807, 2.05) is 28.6 Å². The Bertz CT molecular complexity index is 904. The maximum Gasteiger partial charge on any atom is 0.290 e. The number of hydrogen-bond acceptors (Lipinski definition) is 6. The first-order valence-corrected chi connectivity index (χ1v) is 9.05. The first-order chi connectivity index (χ1) is 13.2. The molecule has 0 spiro atoms. The summed E-state index contributed by atoms with van der Waals surface area (Å²) in [6.07, 6.45) is 7.64. The summed E-state index contributed by atoms with van der Waals surface area (Å²) in [6, 6.07) is 5.57. The van der Waals surface area contributed by atoms with E-state index in [1.165, 1.54) is 0 Å². The van der Waals surface area contributed by atoms with Crippen LogP contribution in [-0.2, 0) is 13.1 Å². The summed E-state index contributed by atoms with van der Waals surface area (Å²) < 4.78 is 7.41. The molecule has 0 unspecified atom stereocenters. The molecule has 4 heterocycles. The number of nitrogens with zero attached hydrogens (tertiary/aromatic N) is 5. The van der Waals surface area contributed by atoms with Crippen molar-refractivity contribution in [2.45, 2.75) is 26.4 Å². The molecular weight excluding hydrogens is 344 g/mol. The Morgan fingerprint density at radius 1 is 1.26 bits per heavy atom. The second-order valence-corrected chi connectivity index (χ2v) is 6.78. The van der Waals surface area contributed by atoms with Gasteiger partial charge in [0.25, 0.3) is 5.91 Å². The Morgan fingerprint density at radius 3 is 2.89 bits per heavy atom. The van der Waals surface area contributed by atoms with E-state index in [9.17, 15) is 4.79 Å². The molecule has 3 aromatic heterocycles. The molecule has 1 amide bonds. The third kappa shape index (κ3) is 3.84. The Hall–Kier alpha value is -3.16. The molecule has 3 aromatic rings. The standard InChI is InChI=1S/C19H22N6O2/c1-14-5-10-27-17(14)18(26)24-11-15(12-25-16(13-24)4-9-23-25)3-8-22-19-20-6-2-7-21-19/h2,4-7,9-10,15H,3,8,11-13H2,1H3,(H,20,21,22)/t15-/m1/s1. The van der Waals surface area contributed by atoms with Crippen molar-refractivity contribution in [3.05, 3.63) is 60.1 Å². The smallest absolute Gasteiger partial charge is 0.290 e. The van der Waals surface area contributed by atoms with Crippen molar-refractivity contribution >= 4 is 11.9 Å². The summed E-state index contributed by atoms with van der Waals surface area (Å²) in [5.74, 6) is 1.22. The maximum atomic E-state index is 13.0. The quantitative estimate of drug-likeness (QED) is 0.746. The van der Waals surface area contributed by atoms with E-state index in [1.54, 1.807) is 30.9 Å². The average molecular weight is 366 g/mol. The summed E-state index contributed by atoms with van der Waals surface area (Å²) in [6.45, 7) is 4.58. The molecule has 140 valence electrons. The minimum atomic E-state index is -0.0727. The van der Waals surface area contributed by atoms with Crippen LogP contribution in [0.15, 0.2) is 47.5 Å². The molecule has 0 bridgehead atoms. The predicted molar refractivity (Wildman–Crippen MR) is 99.0 cm³/mol. The van der Waals surface area contributed by atoms with Gasteiger partial charge in [0.1, 0.15) is 0 Å². The van der Waals surface area contributed by atoms with Crippen LogP contribution in [0.1, 0.15) is 28.2 Å². The average Bonchev–Trinajstić information content (AvgIpc) is 3.26. The van der Waals surface area contributed by atoms with E-state index in [-0.39, 0.29) is 11.8 Å². The van der Waals surface area contributed by atoms with Crippen LogP contribution in [0.5, 0.6) is 0 Å². The van der Waals surface area contributed by atoms with Gasteiger partial charge in [-0.25, -0.2) is 9.97 Å². The van der Waals surface area contributed by atoms with Crippen molar-refractivity contribution in [3.8, 4) is 0 Å². The summed E-state index contributed by atoms with van der Waals surface area (Å²) in [4.78, 5) is 23.2. The van der Waals surface area contributed by atoms with Crippen molar-refractivity contribution in [2.75, 3.05) is 18.4 Å². The van der Waals surface area contributed by atoms with Gasteiger partial charge < -0.3 is 14.6 Å². The highest BCUT2D eigenvalue weighted by Crippen LogP contribution is 2.21. The number of carbonyl (C=O) groups excluding carboxylic acids is 1. The van der Waals surface area contributed by atoms with Crippen molar-refractivity contribution in [1.82, 2.24) is 24.6 Å². The number of carbonyl (C=O) groups is 1. The van der Waals surface area contributed by atoms with Gasteiger partial charge in [0.2, 0.25) is 5.95 Å². The fraction of sp³-hybridized carbons (Fsp3) is 0.368. The van der Waals surface area contributed by atoms with Crippen LogP contribution in [0, 0.1) is 12.8 Å². The maximum absolute atomic E-state index is 13.0. The predicted octanol–water partition coefficient (Wildman–Crippen LogP) is 2.35. The third-order valence-corrected chi connectivity index (χ3v) is 4.81. The first kappa shape index (κ1) is 17.3. The molecule has 1 N–H and O–H groups in total. The van der Waals surface area contributed by atoms with Crippen LogP contribution in [0.4, 0.5) is 5.95 Å². The highest BCUT2D eigenvalue weighted by Gasteiger charge is 2.28. The van der Waals surface area contributed by atoms with Crippen molar-refractivity contribution in [2.24, 2.45) is 5.92 Å². The third-order valence-electron chi connectivity index (χ3n) is 4.81. The van der Waals surface area contributed by atoms with Gasteiger partial charge in [-0.15, -0.1) is 0 Å². The number of rotatable bonds is 5. The number of aromatic nitrogens is 4. The van der Waals surface area contributed by atoms with E-state index in [4.69, 9.17) is 4.42 Å². The van der Waals surface area contributed by atoms with E-state index < -0.39 is 0 Å². The van der Waals surface area contributed by atoms with Gasteiger partial charge in [0, 0.05) is 43.8 Å². The van der Waals surface area contributed by atoms with Gasteiger partial charge in [-0.05, 0) is 37.5 Å². The van der Waals surface area contributed by atoms with Crippen molar-refractivity contribution in [3.63, 3.8) is 0 Å². The summed E-state index contributed by atoms with van der Waals surface area (Å²) in [5.41, 5.74) is 1.90. The second kappa shape index (κ2) is 7.61. The van der Waals surface area contributed by atoms with Gasteiger partial charge >= 0.3 is 0 Å². The number of anilines is 1. The van der Waals surface area contributed by atoms with Gasteiger partial charge in [0.05, 0.1) is 18.5 Å². The molecule has 0 aliphatic carbocycles. The van der Waals surface area contributed by atoms with Crippen LogP contribution in [0.3, 0.4) is 0 Å². The number of aryl methyl sites for hydroxylation is 1. The lowest BCUT2D eigenvalue weighted by molar-refractivity contribution is 0.0686. The van der Waals surface area contributed by atoms with Crippen LogP contribution in [-0.4, -0.2) is 43.6 Å². The zero-order chi connectivity index (χ0) is 18.6. The topological polar surface area (TPSA) is 89.1 Å². The number of hydrogen-bond donors (Lipinski definition) is 1. The number of amides is 1. The first-order valence-electron chi connectivity index (χ1n) is 9.05. The second-order valence-electron chi connectivity index (χ2n) is 6.78. The molecule has 4 rings (SSSR count). The molecule has 0 radical (unpaired) electrons. The van der Waals surface area contributed by atoms with Crippen LogP contribution in [0.25, 0.3) is 0 Å². The van der Waals surface area contributed by atoms with Crippen LogP contribution in [0.2, 0.25) is 0 Å². The number of fused-ring (bicyclic) bond motifs is 1. The van der Waals surface area contributed by atoms with Crippen LogP contribution >= 0.6 is 0 Å². The minimum Gasteiger partial charge on any atom is -0.459 e. The number of nitrogens with one attached hydrogen (secondary N) is 1. The molecule has 1 aliphatic rings. The van der Waals surface area contributed by atoms with E-state index in [0.29, 0.717) is 24.8 Å². The normalized spacial score (nSPS) is 16.6. The van der Waals surface area contributed by atoms with E-state index in [2.05, 4.69) is 20.4 Å². The van der Waals surface area contributed by atoms with Gasteiger partial charge in [-0.1, -0.05) is 0 Å². The minimum absolute atomic E-state index is 0.0727. The van der Waals surface area contributed by atoms with Crippen LogP contribution < -0.4 is 5.32 Å². The zero-order valence-corrected chi connectivity index (χ0v) is 15.2. The monoisotopic (exact) mass is 366 g/mol. The fourth-order valence-corrected chi connectivity index (χ4v) is 3.38. The van der Waals surface area contributed by atoms with Crippen molar-refractivity contribution < 1.29 is 9.21 Å². The summed E-state index contributed by atoms with van der Waals surface area (Å²) >= 11 is 0. The van der Waals surface area contributed by atoms with Crippen molar-refractivity contribution in [1.29, 1.82) is 0 Å². The Kier molecular flexibility index (Phi) is 4.86. The SMILES string of the molecule is Cc1ccoc1C(=O)N1Cc2ccnn2C[C@H](CCNc2ncccn2)C1. The van der Waals surface area contributed by atoms with Gasteiger partial charge in [0.15, 0.2) is 5.76 Å². The summed E-state index contributed by atoms with van der Waals surface area (Å²) in [7, 11) is 0. The molecule has 0 saturated carbocycles. The molecule has 8 heteroatoms. The highest BCUT2D eigenvalue weighted by molar-refractivity contribution is 5.92. The van der Waals surface area contributed by atoms with E-state index >= 15 is 0 Å². The summed E-state index contributed by atoms with van der Waals surface area (Å²) in [5, 5.41) is 7.65. The largest absolute Gasteiger partial charge is 0.459 e. The molecule has 27 heavy (non-hydrogen) atoms. The molecule has 0 saturated heterocycles. The van der Waals surface area contributed by atoms with E-state index in [0.717, 1.165) is 30.8 Å². The van der Waals surface area contributed by atoms with Gasteiger partial charge in [-0.2, -0.15) is 5.10 Å². The Labute approximate surface area is 157 Å². The lowest BCUT2D eigenvalue weighted by Crippen LogP contribution is -2.34. The molecule has 0 fully saturated rings. The zero-order valence-electron chi connectivity index (χ0n) is 15.2. The lowest BCUT2D eigenvalue weighted by Gasteiger charge is -2.23.